The van der Waals surface area contributed by atoms with Crippen molar-refractivity contribution in [2.75, 3.05) is 0 Å². The van der Waals surface area contributed by atoms with Crippen molar-refractivity contribution >= 4 is 28.7 Å². The van der Waals surface area contributed by atoms with E-state index in [0.717, 1.165) is 0 Å². The monoisotopic (exact) mass is 422 g/mol. The average Bonchev–Trinajstić information content (AvgIpc) is 2.80. The molecule has 4 aromatic carbocycles. The van der Waals surface area contributed by atoms with E-state index in [1.165, 1.54) is 22.7 Å². The zero-order valence-corrected chi connectivity index (χ0v) is 20.5. The van der Waals surface area contributed by atoms with Crippen molar-refractivity contribution < 1.29 is 0 Å². The van der Waals surface area contributed by atoms with E-state index in [9.17, 15) is 0 Å². The molecule has 0 aliphatic heterocycles. The van der Waals surface area contributed by atoms with Gasteiger partial charge in [-0.25, -0.2) is 0 Å². The summed E-state index contributed by atoms with van der Waals surface area (Å²) in [5.41, 5.74) is 4.38. The molecule has 0 fully saturated rings. The summed E-state index contributed by atoms with van der Waals surface area (Å²) in [6.45, 7) is 4.80. The van der Waals surface area contributed by atoms with Crippen molar-refractivity contribution in [1.82, 2.24) is 0 Å². The first-order chi connectivity index (χ1) is 14.7. The van der Waals surface area contributed by atoms with Gasteiger partial charge in [0, 0.05) is 9.52 Å². The Bertz CT molecular complexity index is 1020. The predicted molar refractivity (Wildman–Crippen MR) is 137 cm³/mol. The summed E-state index contributed by atoms with van der Waals surface area (Å²) in [5.74, 6) is 0. The molecule has 0 aliphatic carbocycles. The first kappa shape index (κ1) is 20.6. The number of hydrogen-bond donors (Lipinski definition) is 0. The molecule has 0 N–H and O–H groups in total. The van der Waals surface area contributed by atoms with Crippen LogP contribution in [0.1, 0.15) is 23.6 Å². The third-order valence-corrected chi connectivity index (χ3v) is 14.4. The molecule has 0 amide bonds. The van der Waals surface area contributed by atoms with Gasteiger partial charge in [-0.3, -0.25) is 0 Å². The maximum absolute atomic E-state index is 2.58. The van der Waals surface area contributed by atoms with Gasteiger partial charge in [0.2, 0.25) is 0 Å². The number of aryl methyl sites for hydroxylation is 1. The highest BCUT2D eigenvalue weighted by Gasteiger charge is 2.39. The molecule has 4 rings (SSSR count). The number of rotatable bonds is 7. The smallest absolute Gasteiger partial charge is 0.0629 e. The first-order valence-corrected chi connectivity index (χ1v) is 14.3. The van der Waals surface area contributed by atoms with E-state index in [0.29, 0.717) is 0 Å². The van der Waals surface area contributed by atoms with Gasteiger partial charge in [-0.05, 0) is 23.2 Å². The van der Waals surface area contributed by atoms with E-state index >= 15 is 0 Å². The number of benzene rings is 4. The summed E-state index contributed by atoms with van der Waals surface area (Å²) in [6, 6.07) is 44.2. The van der Waals surface area contributed by atoms with Gasteiger partial charge in [0.1, 0.15) is 8.80 Å². The quantitative estimate of drug-likeness (QED) is 0.392. The molecule has 0 spiro atoms. The zero-order chi connectivity index (χ0) is 20.8. The predicted octanol–water partition coefficient (Wildman–Crippen LogP) is 4.16. The first-order valence-electron chi connectivity index (χ1n) is 10.9. The van der Waals surface area contributed by atoms with Gasteiger partial charge in [-0.2, -0.15) is 0 Å². The Morgan fingerprint density at radius 2 is 1.20 bits per heavy atom. The van der Waals surface area contributed by atoms with Crippen molar-refractivity contribution in [3.63, 3.8) is 0 Å². The molecular weight excluding hydrogens is 392 g/mol. The minimum atomic E-state index is -1.51. The minimum Gasteiger partial charge on any atom is -0.0629 e. The van der Waals surface area contributed by atoms with E-state index in [-0.39, 0.29) is 4.66 Å². The largest absolute Gasteiger partial charge is 0.109 e. The van der Waals surface area contributed by atoms with Gasteiger partial charge in [-0.1, -0.05) is 144 Å². The van der Waals surface area contributed by atoms with Gasteiger partial charge in [0.25, 0.3) is 0 Å². The molecule has 0 heterocycles. The highest BCUT2D eigenvalue weighted by molar-refractivity contribution is 6.93. The summed E-state index contributed by atoms with van der Waals surface area (Å²) in [7, 11) is -1.96. The lowest BCUT2D eigenvalue weighted by Gasteiger charge is -2.38. The maximum atomic E-state index is 2.58. The molecule has 0 nitrogen and oxygen atoms in total. The molecule has 0 saturated carbocycles. The highest BCUT2D eigenvalue weighted by Crippen LogP contribution is 2.28. The molecule has 0 bridgehead atoms. The van der Waals surface area contributed by atoms with Crippen molar-refractivity contribution in [3.8, 4) is 0 Å². The van der Waals surface area contributed by atoms with Crippen LogP contribution in [0.25, 0.3) is 0 Å². The Hall–Kier alpha value is -2.69. The molecule has 1 atom stereocenters. The summed E-state index contributed by atoms with van der Waals surface area (Å²) >= 11 is 0. The molecule has 150 valence electrons. The minimum absolute atomic E-state index is 0.241. The van der Waals surface area contributed by atoms with Gasteiger partial charge in [-0.15, -0.1) is 0 Å². The van der Waals surface area contributed by atoms with E-state index in [2.05, 4.69) is 129 Å². The third kappa shape index (κ3) is 4.56. The lowest BCUT2D eigenvalue weighted by atomic mass is 10.1. The number of hydrogen-bond acceptors (Lipinski definition) is 0. The zero-order valence-electron chi connectivity index (χ0n) is 18.0. The molecule has 4 aromatic rings. The van der Waals surface area contributed by atoms with Crippen LogP contribution < -0.4 is 10.4 Å². The molecular formula is C28H30Si2. The summed E-state index contributed by atoms with van der Waals surface area (Å²) in [4.78, 5) is 0. The molecule has 0 saturated heterocycles. The van der Waals surface area contributed by atoms with Crippen LogP contribution >= 0.6 is 0 Å². The van der Waals surface area contributed by atoms with Crippen LogP contribution in [-0.2, 0) is 10.7 Å². The van der Waals surface area contributed by atoms with E-state index < -0.39 is 18.3 Å². The summed E-state index contributed by atoms with van der Waals surface area (Å²) in [6.07, 6.45) is 0. The second kappa shape index (κ2) is 9.42. The molecule has 0 aromatic heterocycles. The topological polar surface area (TPSA) is 0 Å². The van der Waals surface area contributed by atoms with E-state index in [1.807, 2.05) is 0 Å². The van der Waals surface area contributed by atoms with Gasteiger partial charge in [0.15, 0.2) is 0 Å². The van der Waals surface area contributed by atoms with Gasteiger partial charge < -0.3 is 0 Å². The highest BCUT2D eigenvalue weighted by atomic mass is 28.3. The SMILES string of the molecule is Cc1cccc(C(C)([SiH2]Cc2ccccc2)[SiH](c2ccccc2)c2ccccc2)c1. The molecule has 0 aliphatic rings. The molecule has 2 heteroatoms. The Morgan fingerprint density at radius 1 is 0.667 bits per heavy atom. The lowest BCUT2D eigenvalue weighted by molar-refractivity contribution is 0.921. The molecule has 0 radical (unpaired) electrons. The standard InChI is InChI=1S/C28H30Si2/c1-23-13-12-16-25(21-23)28(2,29-22-24-14-6-3-7-15-24)30(26-17-8-4-9-18-26)27-19-10-5-11-20-27/h3-21,30H,22,29H2,1-2H3. The lowest BCUT2D eigenvalue weighted by Crippen LogP contribution is -2.60. The van der Waals surface area contributed by atoms with Crippen molar-refractivity contribution in [2.45, 2.75) is 24.6 Å². The second-order valence-electron chi connectivity index (χ2n) is 8.53. The fourth-order valence-corrected chi connectivity index (χ4v) is 13.0. The normalized spacial score (nSPS) is 13.6. The van der Waals surface area contributed by atoms with Crippen LogP contribution in [0.5, 0.6) is 0 Å². The molecule has 1 unspecified atom stereocenters. The van der Waals surface area contributed by atoms with Crippen LogP contribution in [0.2, 0.25) is 0 Å². The third-order valence-electron chi connectivity index (χ3n) is 6.36. The Balaban J connectivity index is 1.85. The Morgan fingerprint density at radius 3 is 1.73 bits per heavy atom. The van der Waals surface area contributed by atoms with Crippen LogP contribution in [-0.4, -0.2) is 18.3 Å². The Labute approximate surface area is 185 Å². The fourth-order valence-electron chi connectivity index (χ4n) is 4.72. The van der Waals surface area contributed by atoms with Crippen LogP contribution in [0.15, 0.2) is 115 Å². The van der Waals surface area contributed by atoms with Crippen molar-refractivity contribution in [2.24, 2.45) is 0 Å². The van der Waals surface area contributed by atoms with Crippen LogP contribution in [0, 0.1) is 6.92 Å². The van der Waals surface area contributed by atoms with E-state index in [4.69, 9.17) is 0 Å². The average molecular weight is 423 g/mol. The van der Waals surface area contributed by atoms with Crippen LogP contribution in [0.3, 0.4) is 0 Å². The Kier molecular flexibility index (Phi) is 6.46. The fraction of sp³-hybridized carbons (Fsp3) is 0.143. The van der Waals surface area contributed by atoms with E-state index in [1.54, 1.807) is 10.4 Å². The summed E-state index contributed by atoms with van der Waals surface area (Å²) in [5, 5.41) is 3.10. The van der Waals surface area contributed by atoms with Gasteiger partial charge >= 0.3 is 0 Å². The second-order valence-corrected chi connectivity index (χ2v) is 15.3. The van der Waals surface area contributed by atoms with Crippen molar-refractivity contribution in [1.29, 1.82) is 0 Å². The van der Waals surface area contributed by atoms with Crippen molar-refractivity contribution in [3.05, 3.63) is 132 Å². The summed E-state index contributed by atoms with van der Waals surface area (Å²) < 4.78 is 0.241. The van der Waals surface area contributed by atoms with Crippen LogP contribution in [0.4, 0.5) is 0 Å². The van der Waals surface area contributed by atoms with Gasteiger partial charge in [0.05, 0.1) is 0 Å². The molecule has 30 heavy (non-hydrogen) atoms. The maximum Gasteiger partial charge on any atom is 0.109 e.